The summed E-state index contributed by atoms with van der Waals surface area (Å²) in [6.07, 6.45) is -0.242. The van der Waals surface area contributed by atoms with E-state index in [1.165, 1.54) is 0 Å². The van der Waals surface area contributed by atoms with Crippen molar-refractivity contribution in [2.75, 3.05) is 0 Å². The third-order valence-corrected chi connectivity index (χ3v) is 2.63. The van der Waals surface area contributed by atoms with Gasteiger partial charge in [0, 0.05) is 0 Å². The SMILES string of the molecule is C[Si](C)(C)NC(=O)O[Si](C)(C)C. The molecule has 1 N–H and O–H groups in total. The Hall–Kier alpha value is -0.296. The number of amides is 1. The summed E-state index contributed by atoms with van der Waals surface area (Å²) in [5, 5.41) is 0. The van der Waals surface area contributed by atoms with Gasteiger partial charge < -0.3 is 9.41 Å². The molecule has 0 aromatic rings. The van der Waals surface area contributed by atoms with Crippen molar-refractivity contribution >= 4 is 22.6 Å². The van der Waals surface area contributed by atoms with Gasteiger partial charge in [0.25, 0.3) is 0 Å². The van der Waals surface area contributed by atoms with E-state index in [1.807, 2.05) is 19.6 Å². The highest BCUT2D eigenvalue weighted by molar-refractivity contribution is 6.76. The first-order chi connectivity index (χ1) is 5.10. The van der Waals surface area contributed by atoms with E-state index in [4.69, 9.17) is 4.43 Å². The van der Waals surface area contributed by atoms with Gasteiger partial charge in [0.1, 0.15) is 0 Å². The van der Waals surface area contributed by atoms with Gasteiger partial charge in [0.2, 0.25) is 8.32 Å². The number of carbonyl (C=O) groups excluding carboxylic acids is 1. The molecule has 0 atom stereocenters. The normalized spacial score (nSPS) is 12.5. The summed E-state index contributed by atoms with van der Waals surface area (Å²) in [5.74, 6) is 0. The second-order valence-electron chi connectivity index (χ2n) is 4.88. The molecule has 12 heavy (non-hydrogen) atoms. The lowest BCUT2D eigenvalue weighted by molar-refractivity contribution is 0.204. The average Bonchev–Trinajstić information content (AvgIpc) is 1.49. The van der Waals surface area contributed by atoms with Gasteiger partial charge in [-0.25, -0.2) is 4.79 Å². The molecule has 3 nitrogen and oxygen atoms in total. The predicted molar refractivity (Wildman–Crippen MR) is 56.3 cm³/mol. The molecule has 0 aromatic heterocycles. The molecule has 72 valence electrons. The Kier molecular flexibility index (Phi) is 3.52. The highest BCUT2D eigenvalue weighted by atomic mass is 28.4. The average molecular weight is 205 g/mol. The molecule has 0 saturated carbocycles. The van der Waals surface area contributed by atoms with Crippen LogP contribution in [0.3, 0.4) is 0 Å². The first-order valence-electron chi connectivity index (χ1n) is 4.11. The molecule has 0 aliphatic heterocycles. The van der Waals surface area contributed by atoms with Gasteiger partial charge in [-0.3, -0.25) is 0 Å². The smallest absolute Gasteiger partial charge is 0.385 e. The molecule has 0 heterocycles. The predicted octanol–water partition coefficient (Wildman–Crippen LogP) is 2.38. The lowest BCUT2D eigenvalue weighted by Crippen LogP contribution is -2.48. The van der Waals surface area contributed by atoms with Crippen LogP contribution in [0.1, 0.15) is 0 Å². The highest BCUT2D eigenvalue weighted by Gasteiger charge is 2.23. The molecule has 1 amide bonds. The molecule has 5 heteroatoms. The minimum atomic E-state index is -1.71. The van der Waals surface area contributed by atoms with E-state index in [-0.39, 0.29) is 6.09 Å². The largest absolute Gasteiger partial charge is 0.505 e. The van der Waals surface area contributed by atoms with Gasteiger partial charge in [-0.1, -0.05) is 19.6 Å². The number of hydrogen-bond donors (Lipinski definition) is 1. The van der Waals surface area contributed by atoms with Crippen molar-refractivity contribution in [3.63, 3.8) is 0 Å². The number of nitrogens with one attached hydrogen (secondary N) is 1. The Morgan fingerprint density at radius 1 is 1.08 bits per heavy atom. The lowest BCUT2D eigenvalue weighted by Gasteiger charge is -2.23. The van der Waals surface area contributed by atoms with Crippen molar-refractivity contribution in [3.05, 3.63) is 0 Å². The minimum absolute atomic E-state index is 0.242. The first kappa shape index (κ1) is 11.7. The maximum atomic E-state index is 11.2. The van der Waals surface area contributed by atoms with E-state index in [9.17, 15) is 4.79 Å². The van der Waals surface area contributed by atoms with Crippen molar-refractivity contribution in [3.8, 4) is 0 Å². The van der Waals surface area contributed by atoms with Gasteiger partial charge in [-0.05, 0) is 19.6 Å². The third-order valence-electron chi connectivity index (χ3n) is 0.876. The van der Waals surface area contributed by atoms with Crippen molar-refractivity contribution in [1.29, 1.82) is 0 Å². The Morgan fingerprint density at radius 2 is 1.50 bits per heavy atom. The fourth-order valence-corrected chi connectivity index (χ4v) is 1.98. The van der Waals surface area contributed by atoms with Gasteiger partial charge in [-0.15, -0.1) is 0 Å². The van der Waals surface area contributed by atoms with E-state index >= 15 is 0 Å². The second-order valence-corrected chi connectivity index (χ2v) is 14.1. The zero-order chi connectivity index (χ0) is 9.99. The maximum absolute atomic E-state index is 11.2. The Balaban J connectivity index is 3.92. The van der Waals surface area contributed by atoms with Gasteiger partial charge in [-0.2, -0.15) is 0 Å². The summed E-state index contributed by atoms with van der Waals surface area (Å²) in [7, 11) is -3.23. The van der Waals surface area contributed by atoms with E-state index < -0.39 is 16.6 Å². The van der Waals surface area contributed by atoms with Crippen LogP contribution in [0.4, 0.5) is 4.79 Å². The van der Waals surface area contributed by atoms with E-state index in [0.29, 0.717) is 0 Å². The number of hydrogen-bond acceptors (Lipinski definition) is 2. The van der Waals surface area contributed by atoms with Crippen molar-refractivity contribution < 1.29 is 9.22 Å². The van der Waals surface area contributed by atoms with Crippen molar-refractivity contribution in [2.24, 2.45) is 0 Å². The second kappa shape index (κ2) is 3.61. The summed E-state index contributed by atoms with van der Waals surface area (Å²) >= 11 is 0. The zero-order valence-corrected chi connectivity index (χ0v) is 10.8. The van der Waals surface area contributed by atoms with Crippen LogP contribution >= 0.6 is 0 Å². The molecule has 0 radical (unpaired) electrons. The molecule has 0 aliphatic carbocycles. The van der Waals surface area contributed by atoms with Crippen LogP contribution < -0.4 is 4.98 Å². The molecule has 0 bridgehead atoms. The summed E-state index contributed by atoms with van der Waals surface area (Å²) in [6.45, 7) is 12.2. The Bertz CT molecular complexity index is 151. The standard InChI is InChI=1S/C7H19NO2Si2/c1-11(2,3)8-7(9)10-12(4,5)6/h1-6H3,(H,8,9). The molecular weight excluding hydrogens is 186 g/mol. The molecule has 0 rings (SSSR count). The summed E-state index contributed by atoms with van der Waals surface area (Å²) in [4.78, 5) is 14.1. The van der Waals surface area contributed by atoms with Gasteiger partial charge in [0.15, 0.2) is 8.24 Å². The third kappa shape index (κ3) is 7.81. The van der Waals surface area contributed by atoms with E-state index in [2.05, 4.69) is 24.6 Å². The molecular formula is C7H19NO2Si2. The summed E-state index contributed by atoms with van der Waals surface area (Å²) in [6, 6.07) is 0. The quantitative estimate of drug-likeness (QED) is 0.703. The molecule has 0 unspecified atom stereocenters. The van der Waals surface area contributed by atoms with Gasteiger partial charge >= 0.3 is 6.09 Å². The lowest BCUT2D eigenvalue weighted by atomic mass is 11.3. The first-order valence-corrected chi connectivity index (χ1v) is 11.0. The van der Waals surface area contributed by atoms with Crippen LogP contribution in [-0.4, -0.2) is 22.6 Å². The zero-order valence-electron chi connectivity index (χ0n) is 8.82. The number of carbonyl (C=O) groups is 1. The summed E-state index contributed by atoms with van der Waals surface area (Å²) < 4.78 is 5.24. The van der Waals surface area contributed by atoms with Crippen LogP contribution in [0.2, 0.25) is 39.3 Å². The fraction of sp³-hybridized carbons (Fsp3) is 0.857. The van der Waals surface area contributed by atoms with Crippen LogP contribution in [-0.2, 0) is 4.43 Å². The van der Waals surface area contributed by atoms with Crippen LogP contribution in [0, 0.1) is 0 Å². The van der Waals surface area contributed by atoms with Gasteiger partial charge in [0.05, 0.1) is 0 Å². The Morgan fingerprint density at radius 3 is 1.75 bits per heavy atom. The van der Waals surface area contributed by atoms with Crippen LogP contribution in [0.15, 0.2) is 0 Å². The minimum Gasteiger partial charge on any atom is -0.505 e. The van der Waals surface area contributed by atoms with Crippen molar-refractivity contribution in [2.45, 2.75) is 39.3 Å². The van der Waals surface area contributed by atoms with E-state index in [1.54, 1.807) is 0 Å². The van der Waals surface area contributed by atoms with Crippen LogP contribution in [0.5, 0.6) is 0 Å². The fourth-order valence-electron chi connectivity index (χ4n) is 0.610. The van der Waals surface area contributed by atoms with E-state index in [0.717, 1.165) is 0 Å². The topological polar surface area (TPSA) is 38.3 Å². The highest BCUT2D eigenvalue weighted by Crippen LogP contribution is 2.04. The molecule has 0 aromatic carbocycles. The van der Waals surface area contributed by atoms with Crippen LogP contribution in [0.25, 0.3) is 0 Å². The maximum Gasteiger partial charge on any atom is 0.385 e. The monoisotopic (exact) mass is 205 g/mol. The summed E-state index contributed by atoms with van der Waals surface area (Å²) in [5.41, 5.74) is 0. The molecule has 0 fully saturated rings. The molecule has 0 spiro atoms. The number of rotatable bonds is 2. The Labute approximate surface area is 76.7 Å². The van der Waals surface area contributed by atoms with Crippen molar-refractivity contribution in [1.82, 2.24) is 4.98 Å². The molecule has 0 aliphatic rings. The molecule has 0 saturated heterocycles.